The van der Waals surface area contributed by atoms with Gasteiger partial charge in [-0.05, 0) is 0 Å². The smallest absolute Gasteiger partial charge is 0.335 e. The van der Waals surface area contributed by atoms with Crippen molar-refractivity contribution in [1.82, 2.24) is 0 Å². The molecular weight excluding hydrogens is 348 g/mol. The normalized spacial score (nSPS) is 48.3. The molecule has 7 N–H and O–H groups in total. The lowest BCUT2D eigenvalue weighted by molar-refractivity contribution is -0.352. The van der Waals surface area contributed by atoms with Gasteiger partial charge in [0, 0.05) is 7.11 Å². The minimum absolute atomic E-state index is 0.717. The van der Waals surface area contributed by atoms with Crippen LogP contribution < -0.4 is 0 Å². The first-order chi connectivity index (χ1) is 11.7. The SMILES string of the molecule is CO[C@@H]1OC(C(=O)O)[C@@H](O[C@@H]2OC(CO)[C@@H](O)C(O)C2O)C(O)C1O. The van der Waals surface area contributed by atoms with E-state index in [9.17, 15) is 35.4 Å². The number of hydrogen-bond donors (Lipinski definition) is 7. The summed E-state index contributed by atoms with van der Waals surface area (Å²) in [5, 5.41) is 67.7. The molecule has 2 rings (SSSR count). The number of carboxylic acid groups (broad SMARTS) is 1. The van der Waals surface area contributed by atoms with Crippen molar-refractivity contribution >= 4 is 5.97 Å². The van der Waals surface area contributed by atoms with Gasteiger partial charge in [-0.2, -0.15) is 0 Å². The highest BCUT2D eigenvalue weighted by Crippen LogP contribution is 2.29. The van der Waals surface area contributed by atoms with Crippen molar-refractivity contribution in [3.63, 3.8) is 0 Å². The van der Waals surface area contributed by atoms with Crippen LogP contribution in [0.15, 0.2) is 0 Å². The molecular formula is C13H22O12. The number of aliphatic carboxylic acids is 1. The quantitative estimate of drug-likeness (QED) is 0.245. The molecule has 0 aromatic heterocycles. The van der Waals surface area contributed by atoms with Crippen LogP contribution in [-0.4, -0.2) is 117 Å². The van der Waals surface area contributed by atoms with Gasteiger partial charge in [-0.25, -0.2) is 4.79 Å². The zero-order chi connectivity index (χ0) is 18.9. The number of carbonyl (C=O) groups is 1. The number of rotatable bonds is 5. The van der Waals surface area contributed by atoms with Gasteiger partial charge in [0.2, 0.25) is 0 Å². The van der Waals surface area contributed by atoms with Crippen LogP contribution in [0.4, 0.5) is 0 Å². The summed E-state index contributed by atoms with van der Waals surface area (Å²) in [6.45, 7) is -0.717. The number of methoxy groups -OCH3 is 1. The fourth-order valence-electron chi connectivity index (χ4n) is 2.72. The predicted molar refractivity (Wildman–Crippen MR) is 74.0 cm³/mol. The summed E-state index contributed by atoms with van der Waals surface area (Å²) >= 11 is 0. The van der Waals surface area contributed by atoms with Crippen LogP contribution in [0.1, 0.15) is 0 Å². The van der Waals surface area contributed by atoms with Gasteiger partial charge in [0.25, 0.3) is 0 Å². The van der Waals surface area contributed by atoms with Crippen LogP contribution in [0.5, 0.6) is 0 Å². The standard InChI is InChI=1S/C13H22O12/c1-22-12-8(19)6(17)9(10(25-12)11(20)21)24-13-7(18)5(16)4(15)3(2-14)23-13/h3-10,12-19H,2H2,1H3,(H,20,21)/t3?,4-,5?,6?,7?,8?,9+,10?,12-,13+/m1/s1. The van der Waals surface area contributed by atoms with E-state index in [-0.39, 0.29) is 0 Å². The Morgan fingerprint density at radius 1 is 0.920 bits per heavy atom. The number of hydrogen-bond acceptors (Lipinski definition) is 11. The van der Waals surface area contributed by atoms with Crippen molar-refractivity contribution in [1.29, 1.82) is 0 Å². The van der Waals surface area contributed by atoms with Crippen molar-refractivity contribution < 1.29 is 59.5 Å². The van der Waals surface area contributed by atoms with Crippen LogP contribution in [0.2, 0.25) is 0 Å². The van der Waals surface area contributed by atoms with E-state index in [0.29, 0.717) is 0 Å². The summed E-state index contributed by atoms with van der Waals surface area (Å²) in [4.78, 5) is 11.4. The van der Waals surface area contributed by atoms with E-state index in [0.717, 1.165) is 7.11 Å². The molecule has 0 aromatic carbocycles. The average Bonchev–Trinajstić information content (AvgIpc) is 2.59. The monoisotopic (exact) mass is 370 g/mol. The van der Waals surface area contributed by atoms with Gasteiger partial charge in [0.15, 0.2) is 18.7 Å². The van der Waals surface area contributed by atoms with Gasteiger partial charge >= 0.3 is 5.97 Å². The molecule has 0 aliphatic carbocycles. The van der Waals surface area contributed by atoms with E-state index >= 15 is 0 Å². The van der Waals surface area contributed by atoms with Crippen LogP contribution in [0.25, 0.3) is 0 Å². The Balaban J connectivity index is 2.19. The first kappa shape index (κ1) is 20.4. The summed E-state index contributed by atoms with van der Waals surface area (Å²) in [5.41, 5.74) is 0. The lowest BCUT2D eigenvalue weighted by Crippen LogP contribution is -2.65. The lowest BCUT2D eigenvalue weighted by atomic mass is 9.97. The van der Waals surface area contributed by atoms with Crippen LogP contribution in [0, 0.1) is 0 Å². The van der Waals surface area contributed by atoms with Gasteiger partial charge in [-0.15, -0.1) is 0 Å². The molecule has 146 valence electrons. The molecule has 25 heavy (non-hydrogen) atoms. The summed E-state index contributed by atoms with van der Waals surface area (Å²) < 4.78 is 20.1. The van der Waals surface area contributed by atoms with Crippen LogP contribution in [-0.2, 0) is 23.7 Å². The highest BCUT2D eigenvalue weighted by atomic mass is 16.7. The minimum atomic E-state index is -1.81. The fourth-order valence-corrected chi connectivity index (χ4v) is 2.72. The van der Waals surface area contributed by atoms with Crippen molar-refractivity contribution in [3.05, 3.63) is 0 Å². The molecule has 0 amide bonds. The minimum Gasteiger partial charge on any atom is -0.479 e. The largest absolute Gasteiger partial charge is 0.479 e. The Hall–Kier alpha value is -0.930. The Labute approximate surface area is 141 Å². The van der Waals surface area contributed by atoms with Crippen molar-refractivity contribution in [2.45, 2.75) is 61.4 Å². The van der Waals surface area contributed by atoms with Gasteiger partial charge in [0.1, 0.15) is 42.7 Å². The Morgan fingerprint density at radius 2 is 1.52 bits per heavy atom. The highest BCUT2D eigenvalue weighted by Gasteiger charge is 2.52. The molecule has 2 fully saturated rings. The molecule has 2 aliphatic rings. The molecule has 0 saturated carbocycles. The Morgan fingerprint density at radius 3 is 2.04 bits per heavy atom. The average molecular weight is 370 g/mol. The number of aliphatic hydroxyl groups is 6. The third-order valence-corrected chi connectivity index (χ3v) is 4.16. The van der Waals surface area contributed by atoms with Gasteiger partial charge in [-0.1, -0.05) is 0 Å². The number of aliphatic hydroxyl groups excluding tert-OH is 6. The predicted octanol–water partition coefficient (Wildman–Crippen LogP) is -4.65. The molecule has 2 heterocycles. The van der Waals surface area contributed by atoms with Gasteiger partial charge in [-0.3, -0.25) is 0 Å². The summed E-state index contributed by atoms with van der Waals surface area (Å²) in [6, 6.07) is 0. The van der Waals surface area contributed by atoms with E-state index in [4.69, 9.17) is 24.1 Å². The molecule has 0 bridgehead atoms. The second kappa shape index (κ2) is 8.18. The first-order valence-electron chi connectivity index (χ1n) is 7.46. The topological polar surface area (TPSA) is 196 Å². The summed E-state index contributed by atoms with van der Waals surface area (Å²) in [6.07, 6.45) is -16.5. The Bertz CT molecular complexity index is 458. The molecule has 10 atom stereocenters. The fraction of sp³-hybridized carbons (Fsp3) is 0.923. The van der Waals surface area contributed by atoms with Crippen molar-refractivity contribution in [3.8, 4) is 0 Å². The second-order valence-corrected chi connectivity index (χ2v) is 5.78. The Kier molecular flexibility index (Phi) is 6.67. The number of ether oxygens (including phenoxy) is 4. The summed E-state index contributed by atoms with van der Waals surface area (Å²) in [5.74, 6) is -1.54. The lowest BCUT2D eigenvalue weighted by Gasteiger charge is -2.45. The van der Waals surface area contributed by atoms with Gasteiger partial charge in [0.05, 0.1) is 6.61 Å². The molecule has 0 radical (unpaired) electrons. The second-order valence-electron chi connectivity index (χ2n) is 5.78. The van der Waals surface area contributed by atoms with E-state index in [1.54, 1.807) is 0 Å². The van der Waals surface area contributed by atoms with E-state index < -0.39 is 74.0 Å². The molecule has 0 spiro atoms. The third-order valence-electron chi connectivity index (χ3n) is 4.16. The maximum atomic E-state index is 11.4. The van der Waals surface area contributed by atoms with Crippen LogP contribution in [0.3, 0.4) is 0 Å². The molecule has 2 saturated heterocycles. The molecule has 2 aliphatic heterocycles. The van der Waals surface area contributed by atoms with Crippen LogP contribution >= 0.6 is 0 Å². The van der Waals surface area contributed by atoms with Crippen molar-refractivity contribution in [2.24, 2.45) is 0 Å². The first-order valence-corrected chi connectivity index (χ1v) is 7.46. The molecule has 6 unspecified atom stereocenters. The molecule has 12 nitrogen and oxygen atoms in total. The van der Waals surface area contributed by atoms with E-state index in [1.165, 1.54) is 0 Å². The van der Waals surface area contributed by atoms with Gasteiger partial charge < -0.3 is 54.7 Å². The zero-order valence-corrected chi connectivity index (χ0v) is 13.2. The zero-order valence-electron chi connectivity index (χ0n) is 13.2. The number of carboxylic acids is 1. The third kappa shape index (κ3) is 3.93. The summed E-state index contributed by atoms with van der Waals surface area (Å²) in [7, 11) is 1.14. The highest BCUT2D eigenvalue weighted by molar-refractivity contribution is 5.73. The molecule has 12 heteroatoms. The maximum absolute atomic E-state index is 11.4. The van der Waals surface area contributed by atoms with E-state index in [1.807, 2.05) is 0 Å². The van der Waals surface area contributed by atoms with Crippen molar-refractivity contribution in [2.75, 3.05) is 13.7 Å². The molecule has 0 aromatic rings. The maximum Gasteiger partial charge on any atom is 0.335 e. The van der Waals surface area contributed by atoms with E-state index in [2.05, 4.69) is 0 Å².